The van der Waals surface area contributed by atoms with E-state index in [2.05, 4.69) is 15.2 Å². The van der Waals surface area contributed by atoms with Crippen molar-refractivity contribution in [2.45, 2.75) is 95.0 Å². The molecule has 2 aliphatic carbocycles. The molecule has 0 amide bonds. The molecule has 230 valence electrons. The number of anilines is 2. The number of fused-ring (bicyclic) bond motifs is 1. The number of carbonyl (C=O) groups is 1. The number of ether oxygens (including phenoxy) is 1. The number of nitrogens with zero attached hydrogens (tertiary/aromatic N) is 5. The van der Waals surface area contributed by atoms with Gasteiger partial charge in [0.1, 0.15) is 6.61 Å². The molecule has 0 radical (unpaired) electrons. The molecule has 0 unspecified atom stereocenters. The molecular formula is C29H42Cl2N8O3. The Morgan fingerprint density at radius 3 is 2.31 bits per heavy atom. The van der Waals surface area contributed by atoms with Crippen molar-refractivity contribution in [1.29, 1.82) is 0 Å². The third-order valence-corrected chi connectivity index (χ3v) is 8.44. The third-order valence-electron chi connectivity index (χ3n) is 8.44. The Morgan fingerprint density at radius 2 is 1.60 bits per heavy atom. The zero-order valence-electron chi connectivity index (χ0n) is 23.8. The Morgan fingerprint density at radius 1 is 0.905 bits per heavy atom. The zero-order chi connectivity index (χ0) is 27.3. The van der Waals surface area contributed by atoms with Gasteiger partial charge < -0.3 is 30.5 Å². The largest absolute Gasteiger partial charge is 0.528 e. The first-order valence-electron chi connectivity index (χ1n) is 14.8. The molecule has 1 saturated heterocycles. The highest BCUT2D eigenvalue weighted by atomic mass is 35.5. The van der Waals surface area contributed by atoms with E-state index >= 15 is 0 Å². The molecule has 3 heterocycles. The number of imidazole rings is 1. The van der Waals surface area contributed by atoms with Crippen LogP contribution in [0, 0.1) is 0 Å². The van der Waals surface area contributed by atoms with Crippen molar-refractivity contribution in [1.82, 2.24) is 24.6 Å². The summed E-state index contributed by atoms with van der Waals surface area (Å²) >= 11 is 0. The molecule has 42 heavy (non-hydrogen) atoms. The van der Waals surface area contributed by atoms with Crippen molar-refractivity contribution >= 4 is 53.9 Å². The van der Waals surface area contributed by atoms with Crippen LogP contribution >= 0.6 is 24.8 Å². The predicted molar refractivity (Wildman–Crippen MR) is 167 cm³/mol. The molecule has 0 spiro atoms. The Labute approximate surface area is 259 Å². The number of hydrogen-bond donors (Lipinski definition) is 3. The summed E-state index contributed by atoms with van der Waals surface area (Å²) in [6, 6.07) is 10.8. The number of benzene rings is 1. The number of nitrogens with two attached hydrogens (primary N) is 1. The maximum Gasteiger partial charge on any atom is 0.528 e. The molecule has 11 nitrogen and oxygen atoms in total. The highest BCUT2D eigenvalue weighted by Gasteiger charge is 2.27. The van der Waals surface area contributed by atoms with Gasteiger partial charge in [-0.25, -0.2) is 9.78 Å². The van der Waals surface area contributed by atoms with Crippen LogP contribution in [0.15, 0.2) is 36.7 Å². The minimum atomic E-state index is -0.676. The molecule has 3 fully saturated rings. The third kappa shape index (κ3) is 7.94. The highest BCUT2D eigenvalue weighted by Crippen LogP contribution is 2.34. The van der Waals surface area contributed by atoms with E-state index in [4.69, 9.17) is 30.3 Å². The van der Waals surface area contributed by atoms with Crippen LogP contribution in [-0.2, 0) is 16.2 Å². The van der Waals surface area contributed by atoms with Crippen LogP contribution in [0.2, 0.25) is 0 Å². The fourth-order valence-electron chi connectivity index (χ4n) is 6.11. The summed E-state index contributed by atoms with van der Waals surface area (Å²) in [6.07, 6.45) is 11.8. The average Bonchev–Trinajstić information content (AvgIpc) is 3.65. The molecule has 6 rings (SSSR count). The lowest BCUT2D eigenvalue weighted by Crippen LogP contribution is -2.40. The lowest BCUT2D eigenvalue weighted by molar-refractivity contribution is -0.139. The lowest BCUT2D eigenvalue weighted by atomic mass is 9.92. The van der Waals surface area contributed by atoms with Crippen LogP contribution in [0.3, 0.4) is 0 Å². The standard InChI is InChI=1S/C29H40N8O3.2ClH/c30-21-10-12-22(13-11-21)33-28-34-26(25-27(35-28)37(19-31-25)24-8-4-5-9-24)32-23-14-16-36(17-15-23)40-29(38)39-18-20-6-2-1-3-7-20;;/h1-3,6-7,19,21-24H,4-5,8-18,30H2,(H2,32,33,34,35);2*1H. The summed E-state index contributed by atoms with van der Waals surface area (Å²) in [5.74, 6) is 1.41. The van der Waals surface area contributed by atoms with Crippen molar-refractivity contribution in [2.75, 3.05) is 23.7 Å². The second-order valence-corrected chi connectivity index (χ2v) is 11.4. The molecule has 2 saturated carbocycles. The van der Waals surface area contributed by atoms with Gasteiger partial charge in [0, 0.05) is 37.3 Å². The van der Waals surface area contributed by atoms with Crippen molar-refractivity contribution in [3.05, 3.63) is 42.2 Å². The molecule has 4 N–H and O–H groups in total. The van der Waals surface area contributed by atoms with E-state index in [0.717, 1.165) is 73.9 Å². The molecule has 1 aliphatic heterocycles. The van der Waals surface area contributed by atoms with E-state index in [1.807, 2.05) is 36.7 Å². The molecule has 2 aromatic heterocycles. The van der Waals surface area contributed by atoms with E-state index in [-0.39, 0.29) is 37.5 Å². The van der Waals surface area contributed by atoms with Crippen molar-refractivity contribution < 1.29 is 14.4 Å². The number of aromatic nitrogens is 4. The van der Waals surface area contributed by atoms with Crippen LogP contribution < -0.4 is 16.4 Å². The van der Waals surface area contributed by atoms with E-state index in [9.17, 15) is 4.79 Å². The van der Waals surface area contributed by atoms with Crippen molar-refractivity contribution in [3.8, 4) is 0 Å². The summed E-state index contributed by atoms with van der Waals surface area (Å²) in [5, 5.41) is 8.92. The first-order chi connectivity index (χ1) is 19.6. The second-order valence-electron chi connectivity index (χ2n) is 11.4. The van der Waals surface area contributed by atoms with E-state index in [0.29, 0.717) is 37.2 Å². The SMILES string of the molecule is Cl.Cl.NC1CCC(Nc2nc(NC3CCN(OC(=O)OCc4ccccc4)CC3)c3ncn(C4CCCC4)c3n2)CC1. The molecule has 0 bridgehead atoms. The molecule has 3 aromatic rings. The van der Waals surface area contributed by atoms with Gasteiger partial charge in [0.2, 0.25) is 5.95 Å². The Kier molecular flexibility index (Phi) is 11.5. The Bertz CT molecular complexity index is 1270. The van der Waals surface area contributed by atoms with E-state index < -0.39 is 6.16 Å². The maximum atomic E-state index is 12.2. The molecule has 1 aromatic carbocycles. The van der Waals surface area contributed by atoms with Gasteiger partial charge in [0.15, 0.2) is 17.0 Å². The fourth-order valence-corrected chi connectivity index (χ4v) is 6.11. The number of hydrogen-bond acceptors (Lipinski definition) is 10. The number of rotatable bonds is 8. The van der Waals surface area contributed by atoms with Gasteiger partial charge in [0.05, 0.1) is 6.33 Å². The summed E-state index contributed by atoms with van der Waals surface area (Å²) < 4.78 is 7.51. The van der Waals surface area contributed by atoms with Gasteiger partial charge in [-0.2, -0.15) is 9.97 Å². The molecular weight excluding hydrogens is 579 g/mol. The zero-order valence-corrected chi connectivity index (χ0v) is 25.5. The number of piperidine rings is 1. The van der Waals surface area contributed by atoms with Gasteiger partial charge in [-0.1, -0.05) is 43.2 Å². The van der Waals surface area contributed by atoms with Crippen molar-refractivity contribution in [2.24, 2.45) is 5.73 Å². The van der Waals surface area contributed by atoms with Gasteiger partial charge >= 0.3 is 6.16 Å². The normalized spacial score (nSPS) is 21.7. The number of halogens is 2. The fraction of sp³-hybridized carbons (Fsp3) is 0.586. The van der Waals surface area contributed by atoms with Gasteiger partial charge in [-0.05, 0) is 56.9 Å². The van der Waals surface area contributed by atoms with Gasteiger partial charge in [-0.3, -0.25) is 0 Å². The topological polar surface area (TPSA) is 132 Å². The maximum absolute atomic E-state index is 12.2. The van der Waals surface area contributed by atoms with Gasteiger partial charge in [0.25, 0.3) is 0 Å². The summed E-state index contributed by atoms with van der Waals surface area (Å²) in [6.45, 7) is 1.41. The smallest absolute Gasteiger partial charge is 0.428 e. The minimum absolute atomic E-state index is 0. The monoisotopic (exact) mass is 620 g/mol. The number of hydroxylamine groups is 2. The van der Waals surface area contributed by atoms with Crippen LogP contribution in [0.25, 0.3) is 11.2 Å². The first kappa shape index (κ1) is 32.1. The first-order valence-corrected chi connectivity index (χ1v) is 14.8. The summed E-state index contributed by atoms with van der Waals surface area (Å²) in [4.78, 5) is 32.3. The van der Waals surface area contributed by atoms with Crippen LogP contribution in [0.5, 0.6) is 0 Å². The summed E-state index contributed by atoms with van der Waals surface area (Å²) in [5.41, 5.74) is 8.75. The minimum Gasteiger partial charge on any atom is -0.428 e. The second kappa shape index (κ2) is 15.0. The van der Waals surface area contributed by atoms with Gasteiger partial charge in [-0.15, -0.1) is 29.9 Å². The molecule has 13 heteroatoms. The summed E-state index contributed by atoms with van der Waals surface area (Å²) in [7, 11) is 0. The van der Waals surface area contributed by atoms with E-state index in [1.165, 1.54) is 12.8 Å². The lowest BCUT2D eigenvalue weighted by Gasteiger charge is -2.31. The highest BCUT2D eigenvalue weighted by molar-refractivity contribution is 5.86. The average molecular weight is 622 g/mol. The van der Waals surface area contributed by atoms with Crippen LogP contribution in [0.4, 0.5) is 16.6 Å². The molecule has 3 aliphatic rings. The quantitative estimate of drug-likeness (QED) is 0.273. The number of nitrogens with one attached hydrogen (secondary N) is 2. The van der Waals surface area contributed by atoms with E-state index in [1.54, 1.807) is 5.06 Å². The number of carbonyl (C=O) groups excluding carboxylic acids is 1. The predicted octanol–water partition coefficient (Wildman–Crippen LogP) is 5.61. The Balaban J connectivity index is 0.00000202. The van der Waals surface area contributed by atoms with Crippen molar-refractivity contribution in [3.63, 3.8) is 0 Å². The molecule has 0 atom stereocenters. The van der Waals surface area contributed by atoms with Crippen LogP contribution in [-0.4, -0.2) is 62.0 Å². The Hall–Kier alpha value is -2.86. The van der Waals surface area contributed by atoms with Crippen LogP contribution in [0.1, 0.15) is 75.8 Å².